The van der Waals surface area contributed by atoms with Crippen LogP contribution in [0, 0.1) is 0 Å². The second-order valence-electron chi connectivity index (χ2n) is 4.59. The summed E-state index contributed by atoms with van der Waals surface area (Å²) in [6.45, 7) is 0. The molecule has 0 fully saturated rings. The molecule has 92 valence electrons. The van der Waals surface area contributed by atoms with Crippen LogP contribution in [0.15, 0.2) is 36.9 Å². The van der Waals surface area contributed by atoms with Crippen molar-refractivity contribution in [2.75, 3.05) is 7.05 Å². The highest BCUT2D eigenvalue weighted by Crippen LogP contribution is 2.39. The molecule has 0 spiro atoms. The Balaban J connectivity index is 1.95. The fourth-order valence-electron chi connectivity index (χ4n) is 2.79. The number of nitrogens with one attached hydrogen (secondary N) is 1. The molecule has 4 heteroatoms. The number of likely N-dealkylation sites (N-methyl/N-ethyl adjacent to an activating group) is 1. The van der Waals surface area contributed by atoms with E-state index in [-0.39, 0.29) is 6.04 Å². The van der Waals surface area contributed by atoms with Crippen molar-refractivity contribution in [1.82, 2.24) is 20.3 Å². The third kappa shape index (κ3) is 1.88. The van der Waals surface area contributed by atoms with E-state index in [1.807, 2.05) is 25.5 Å². The number of aryl methyl sites for hydroxylation is 1. The van der Waals surface area contributed by atoms with Gasteiger partial charge in [0.1, 0.15) is 0 Å². The molecule has 0 radical (unpaired) electrons. The minimum atomic E-state index is 0.190. The number of nitrogens with zero attached hydrogens (tertiary/aromatic N) is 3. The Hall–Kier alpha value is -1.81. The van der Waals surface area contributed by atoms with Gasteiger partial charge in [-0.3, -0.25) is 15.0 Å². The SMILES string of the molecule is CNC(c1cnccn1)C1CCc2cccnc21. The molecule has 2 aromatic rings. The minimum Gasteiger partial charge on any atom is -0.311 e. The Labute approximate surface area is 107 Å². The van der Waals surface area contributed by atoms with Gasteiger partial charge in [-0.2, -0.15) is 0 Å². The highest BCUT2D eigenvalue weighted by molar-refractivity contribution is 5.31. The van der Waals surface area contributed by atoms with E-state index in [2.05, 4.69) is 26.3 Å². The van der Waals surface area contributed by atoms with Crippen LogP contribution in [-0.4, -0.2) is 22.0 Å². The molecule has 1 aliphatic rings. The lowest BCUT2D eigenvalue weighted by atomic mass is 9.94. The van der Waals surface area contributed by atoms with Crippen molar-refractivity contribution in [3.63, 3.8) is 0 Å². The first-order chi connectivity index (χ1) is 8.90. The van der Waals surface area contributed by atoms with Crippen LogP contribution in [-0.2, 0) is 6.42 Å². The van der Waals surface area contributed by atoms with Crippen LogP contribution in [0.1, 0.15) is 35.3 Å². The third-order valence-electron chi connectivity index (χ3n) is 3.62. The Morgan fingerprint density at radius 2 is 2.22 bits per heavy atom. The number of aromatic nitrogens is 3. The molecule has 0 saturated heterocycles. The molecule has 4 nitrogen and oxygen atoms in total. The molecule has 0 aliphatic heterocycles. The molecule has 0 bridgehead atoms. The summed E-state index contributed by atoms with van der Waals surface area (Å²) in [6.07, 6.45) is 9.38. The van der Waals surface area contributed by atoms with Gasteiger partial charge in [-0.05, 0) is 31.5 Å². The fraction of sp³-hybridized carbons (Fsp3) is 0.357. The molecule has 0 amide bonds. The molecule has 2 unspecified atom stereocenters. The number of hydrogen-bond acceptors (Lipinski definition) is 4. The van der Waals surface area contributed by atoms with Gasteiger partial charge in [-0.15, -0.1) is 0 Å². The lowest BCUT2D eigenvalue weighted by Crippen LogP contribution is -2.24. The molecule has 3 rings (SSSR count). The maximum atomic E-state index is 4.55. The summed E-state index contributed by atoms with van der Waals surface area (Å²) >= 11 is 0. The maximum Gasteiger partial charge on any atom is 0.0762 e. The first kappa shape index (κ1) is 11.3. The van der Waals surface area contributed by atoms with Gasteiger partial charge in [0.25, 0.3) is 0 Å². The van der Waals surface area contributed by atoms with Crippen molar-refractivity contribution in [1.29, 1.82) is 0 Å². The van der Waals surface area contributed by atoms with Gasteiger partial charge in [0.05, 0.1) is 11.7 Å². The van der Waals surface area contributed by atoms with Gasteiger partial charge in [0, 0.05) is 36.4 Å². The molecule has 0 aromatic carbocycles. The van der Waals surface area contributed by atoms with E-state index >= 15 is 0 Å². The first-order valence-corrected chi connectivity index (χ1v) is 6.27. The predicted octanol–water partition coefficient (Wildman–Crippen LogP) is 1.86. The monoisotopic (exact) mass is 240 g/mol. The van der Waals surface area contributed by atoms with Gasteiger partial charge in [0.2, 0.25) is 0 Å². The van der Waals surface area contributed by atoms with E-state index in [1.54, 1.807) is 12.4 Å². The smallest absolute Gasteiger partial charge is 0.0762 e. The zero-order chi connectivity index (χ0) is 12.4. The van der Waals surface area contributed by atoms with Crippen molar-refractivity contribution < 1.29 is 0 Å². The van der Waals surface area contributed by atoms with Crippen LogP contribution in [0.4, 0.5) is 0 Å². The van der Waals surface area contributed by atoms with Gasteiger partial charge in [-0.25, -0.2) is 0 Å². The molecule has 0 saturated carbocycles. The molecule has 18 heavy (non-hydrogen) atoms. The third-order valence-corrected chi connectivity index (χ3v) is 3.62. The highest BCUT2D eigenvalue weighted by atomic mass is 14.9. The summed E-state index contributed by atoms with van der Waals surface area (Å²) in [4.78, 5) is 13.1. The average Bonchev–Trinajstić information content (AvgIpc) is 2.85. The number of hydrogen-bond donors (Lipinski definition) is 1. The molecule has 2 atom stereocenters. The lowest BCUT2D eigenvalue weighted by molar-refractivity contribution is 0.459. The van der Waals surface area contributed by atoms with Crippen molar-refractivity contribution in [3.05, 3.63) is 53.9 Å². The highest BCUT2D eigenvalue weighted by Gasteiger charge is 2.31. The Bertz CT molecular complexity index is 526. The Morgan fingerprint density at radius 3 is 3.00 bits per heavy atom. The van der Waals surface area contributed by atoms with E-state index in [1.165, 1.54) is 11.3 Å². The Morgan fingerprint density at radius 1 is 1.28 bits per heavy atom. The van der Waals surface area contributed by atoms with Gasteiger partial charge >= 0.3 is 0 Å². The van der Waals surface area contributed by atoms with Crippen molar-refractivity contribution in [2.24, 2.45) is 0 Å². The second-order valence-corrected chi connectivity index (χ2v) is 4.59. The zero-order valence-electron chi connectivity index (χ0n) is 10.4. The van der Waals surface area contributed by atoms with Gasteiger partial charge in [0.15, 0.2) is 0 Å². The minimum absolute atomic E-state index is 0.190. The number of fused-ring (bicyclic) bond motifs is 1. The van der Waals surface area contributed by atoms with E-state index in [0.29, 0.717) is 5.92 Å². The molecular weight excluding hydrogens is 224 g/mol. The van der Waals surface area contributed by atoms with Crippen LogP contribution in [0.5, 0.6) is 0 Å². The summed E-state index contributed by atoms with van der Waals surface area (Å²) in [5.41, 5.74) is 3.57. The predicted molar refractivity (Wildman–Crippen MR) is 69.1 cm³/mol. The van der Waals surface area contributed by atoms with Crippen molar-refractivity contribution >= 4 is 0 Å². The quantitative estimate of drug-likeness (QED) is 0.889. The van der Waals surface area contributed by atoms with Gasteiger partial charge < -0.3 is 5.32 Å². The first-order valence-electron chi connectivity index (χ1n) is 6.27. The summed E-state index contributed by atoms with van der Waals surface area (Å²) < 4.78 is 0. The molecule has 1 N–H and O–H groups in total. The maximum absolute atomic E-state index is 4.55. The van der Waals surface area contributed by atoms with E-state index in [0.717, 1.165) is 18.5 Å². The Kier molecular flexibility index (Phi) is 3.02. The fourth-order valence-corrected chi connectivity index (χ4v) is 2.79. The number of pyridine rings is 1. The molecule has 1 aliphatic carbocycles. The van der Waals surface area contributed by atoms with Crippen molar-refractivity contribution in [3.8, 4) is 0 Å². The standard InChI is InChI=1S/C14H16N4/c1-15-14(12-9-16-7-8-17-12)11-5-4-10-3-2-6-18-13(10)11/h2-3,6-9,11,14-15H,4-5H2,1H3. The summed E-state index contributed by atoms with van der Waals surface area (Å²) in [7, 11) is 1.97. The largest absolute Gasteiger partial charge is 0.311 e. The molecule has 2 heterocycles. The van der Waals surface area contributed by atoms with Crippen LogP contribution in [0.2, 0.25) is 0 Å². The van der Waals surface area contributed by atoms with Crippen LogP contribution in [0.3, 0.4) is 0 Å². The summed E-state index contributed by atoms with van der Waals surface area (Å²) in [5, 5.41) is 3.36. The van der Waals surface area contributed by atoms with Crippen LogP contribution < -0.4 is 5.32 Å². The molecule has 2 aromatic heterocycles. The average molecular weight is 240 g/mol. The van der Waals surface area contributed by atoms with E-state index in [4.69, 9.17) is 0 Å². The van der Waals surface area contributed by atoms with Crippen molar-refractivity contribution in [2.45, 2.75) is 24.8 Å². The van der Waals surface area contributed by atoms with E-state index in [9.17, 15) is 0 Å². The zero-order valence-corrected chi connectivity index (χ0v) is 10.4. The molecular formula is C14H16N4. The number of rotatable bonds is 3. The van der Waals surface area contributed by atoms with Gasteiger partial charge in [-0.1, -0.05) is 6.07 Å². The van der Waals surface area contributed by atoms with E-state index < -0.39 is 0 Å². The normalized spacial score (nSPS) is 19.5. The lowest BCUT2D eigenvalue weighted by Gasteiger charge is -2.22. The topological polar surface area (TPSA) is 50.7 Å². The summed E-state index contributed by atoms with van der Waals surface area (Å²) in [5.74, 6) is 0.392. The summed E-state index contributed by atoms with van der Waals surface area (Å²) in [6, 6.07) is 4.37. The van der Waals surface area contributed by atoms with Crippen LogP contribution in [0.25, 0.3) is 0 Å². The second kappa shape index (κ2) is 4.82. The van der Waals surface area contributed by atoms with Crippen LogP contribution >= 0.6 is 0 Å².